The quantitative estimate of drug-likeness (QED) is 0.890. The molecule has 0 aromatic heterocycles. The van der Waals surface area contributed by atoms with E-state index in [0.29, 0.717) is 5.92 Å². The lowest BCUT2D eigenvalue weighted by Gasteiger charge is -2.37. The normalized spacial score (nSPS) is 26.3. The van der Waals surface area contributed by atoms with Crippen LogP contribution in [0.15, 0.2) is 18.2 Å². The summed E-state index contributed by atoms with van der Waals surface area (Å²) in [5.41, 5.74) is 1.41. The topological polar surface area (TPSA) is 30.5 Å². The van der Waals surface area contributed by atoms with E-state index in [9.17, 15) is 0 Å². The number of ether oxygens (including phenoxy) is 2. The summed E-state index contributed by atoms with van der Waals surface area (Å²) < 4.78 is 11.4. The molecule has 18 heavy (non-hydrogen) atoms. The molecule has 0 spiro atoms. The Kier molecular flexibility index (Phi) is 3.41. The Morgan fingerprint density at radius 1 is 1.17 bits per heavy atom. The molecule has 3 nitrogen and oxygen atoms in total. The fraction of sp³-hybridized carbons (Fsp3) is 0.600. The van der Waals surface area contributed by atoms with Gasteiger partial charge in [-0.2, -0.15) is 0 Å². The first-order valence-corrected chi connectivity index (χ1v) is 6.92. The molecule has 0 saturated heterocycles. The van der Waals surface area contributed by atoms with Crippen LogP contribution in [0.4, 0.5) is 0 Å². The van der Waals surface area contributed by atoms with Crippen LogP contribution in [0.2, 0.25) is 0 Å². The van der Waals surface area contributed by atoms with E-state index in [-0.39, 0.29) is 0 Å². The second-order valence-corrected chi connectivity index (χ2v) is 5.26. The van der Waals surface area contributed by atoms with Crippen molar-refractivity contribution in [2.45, 2.75) is 25.2 Å². The fourth-order valence-corrected chi connectivity index (χ4v) is 2.92. The van der Waals surface area contributed by atoms with Crippen LogP contribution in [0, 0.1) is 5.92 Å². The standard InChI is InChI=1S/C15H21NO2/c1-16-10-12-3-5-13(12)11-4-6-14-15(9-11)18-8-2-7-17-14/h4,6,9,12-13,16H,2-3,5,7-8,10H2,1H3. The third-order valence-electron chi connectivity index (χ3n) is 4.08. The van der Waals surface area contributed by atoms with Gasteiger partial charge in [0.15, 0.2) is 11.5 Å². The summed E-state index contributed by atoms with van der Waals surface area (Å²) >= 11 is 0. The zero-order valence-electron chi connectivity index (χ0n) is 10.9. The van der Waals surface area contributed by atoms with E-state index < -0.39 is 0 Å². The van der Waals surface area contributed by atoms with E-state index in [2.05, 4.69) is 23.5 Å². The number of hydrogen-bond donors (Lipinski definition) is 1. The van der Waals surface area contributed by atoms with Crippen molar-refractivity contribution in [1.82, 2.24) is 5.32 Å². The van der Waals surface area contributed by atoms with Gasteiger partial charge in [-0.1, -0.05) is 6.07 Å². The van der Waals surface area contributed by atoms with Gasteiger partial charge in [-0.15, -0.1) is 0 Å². The minimum absolute atomic E-state index is 0.689. The van der Waals surface area contributed by atoms with Crippen molar-refractivity contribution in [2.24, 2.45) is 5.92 Å². The predicted molar refractivity (Wildman–Crippen MR) is 71.4 cm³/mol. The number of benzene rings is 1. The van der Waals surface area contributed by atoms with Crippen molar-refractivity contribution in [1.29, 1.82) is 0 Å². The maximum Gasteiger partial charge on any atom is 0.161 e. The van der Waals surface area contributed by atoms with Crippen molar-refractivity contribution in [3.05, 3.63) is 23.8 Å². The van der Waals surface area contributed by atoms with Crippen LogP contribution >= 0.6 is 0 Å². The molecule has 1 aliphatic heterocycles. The van der Waals surface area contributed by atoms with E-state index >= 15 is 0 Å². The molecule has 1 saturated carbocycles. The van der Waals surface area contributed by atoms with Crippen LogP contribution in [-0.2, 0) is 0 Å². The highest BCUT2D eigenvalue weighted by Gasteiger charge is 2.32. The largest absolute Gasteiger partial charge is 0.490 e. The van der Waals surface area contributed by atoms with Gasteiger partial charge in [0, 0.05) is 6.42 Å². The number of hydrogen-bond acceptors (Lipinski definition) is 3. The third-order valence-corrected chi connectivity index (χ3v) is 4.08. The van der Waals surface area contributed by atoms with Gasteiger partial charge >= 0.3 is 0 Å². The van der Waals surface area contributed by atoms with E-state index in [4.69, 9.17) is 9.47 Å². The second-order valence-electron chi connectivity index (χ2n) is 5.26. The number of rotatable bonds is 3. The highest BCUT2D eigenvalue weighted by atomic mass is 16.5. The number of nitrogens with one attached hydrogen (secondary N) is 1. The lowest BCUT2D eigenvalue weighted by atomic mass is 9.70. The average molecular weight is 247 g/mol. The Morgan fingerprint density at radius 2 is 2.00 bits per heavy atom. The summed E-state index contributed by atoms with van der Waals surface area (Å²) in [7, 11) is 2.03. The lowest BCUT2D eigenvalue weighted by molar-refractivity contribution is 0.249. The second kappa shape index (κ2) is 5.19. The summed E-state index contributed by atoms with van der Waals surface area (Å²) in [4.78, 5) is 0. The van der Waals surface area contributed by atoms with Crippen LogP contribution in [0.25, 0.3) is 0 Å². The van der Waals surface area contributed by atoms with Gasteiger partial charge in [-0.3, -0.25) is 0 Å². The zero-order chi connectivity index (χ0) is 12.4. The molecule has 0 bridgehead atoms. The lowest BCUT2D eigenvalue weighted by Crippen LogP contribution is -2.32. The molecule has 1 N–H and O–H groups in total. The minimum atomic E-state index is 0.689. The Morgan fingerprint density at radius 3 is 2.72 bits per heavy atom. The van der Waals surface area contributed by atoms with Gasteiger partial charge < -0.3 is 14.8 Å². The molecule has 2 unspecified atom stereocenters. The summed E-state index contributed by atoms with van der Waals surface area (Å²) in [6, 6.07) is 6.47. The van der Waals surface area contributed by atoms with Gasteiger partial charge in [-0.05, 0) is 56.0 Å². The van der Waals surface area contributed by atoms with E-state index in [1.807, 2.05) is 7.05 Å². The molecule has 0 radical (unpaired) electrons. The van der Waals surface area contributed by atoms with Crippen LogP contribution in [-0.4, -0.2) is 26.8 Å². The van der Waals surface area contributed by atoms with E-state index in [1.54, 1.807) is 0 Å². The molecule has 1 aromatic carbocycles. The minimum Gasteiger partial charge on any atom is -0.490 e. The van der Waals surface area contributed by atoms with Crippen molar-refractivity contribution in [2.75, 3.05) is 26.8 Å². The average Bonchev–Trinajstić information content (AvgIpc) is 2.59. The van der Waals surface area contributed by atoms with Crippen molar-refractivity contribution in [3.8, 4) is 11.5 Å². The summed E-state index contributed by atoms with van der Waals surface area (Å²) in [6.45, 7) is 2.64. The Balaban J connectivity index is 1.79. The first kappa shape index (κ1) is 11.8. The smallest absolute Gasteiger partial charge is 0.161 e. The van der Waals surface area contributed by atoms with Gasteiger partial charge in [0.25, 0.3) is 0 Å². The molecule has 1 aliphatic carbocycles. The molecule has 3 heteroatoms. The van der Waals surface area contributed by atoms with Gasteiger partial charge in [0.05, 0.1) is 13.2 Å². The molecule has 1 aromatic rings. The summed E-state index contributed by atoms with van der Waals surface area (Å²) in [5, 5.41) is 3.29. The summed E-state index contributed by atoms with van der Waals surface area (Å²) in [6.07, 6.45) is 3.60. The zero-order valence-corrected chi connectivity index (χ0v) is 10.9. The van der Waals surface area contributed by atoms with Gasteiger partial charge in [0.1, 0.15) is 0 Å². The van der Waals surface area contributed by atoms with Crippen LogP contribution in [0.1, 0.15) is 30.7 Å². The third kappa shape index (κ3) is 2.19. The van der Waals surface area contributed by atoms with Crippen LogP contribution in [0.5, 0.6) is 11.5 Å². The Bertz CT molecular complexity index is 419. The molecular formula is C15H21NO2. The maximum absolute atomic E-state index is 5.76. The predicted octanol–water partition coefficient (Wildman–Crippen LogP) is 2.56. The van der Waals surface area contributed by atoms with Crippen molar-refractivity contribution >= 4 is 0 Å². The van der Waals surface area contributed by atoms with E-state index in [0.717, 1.165) is 43.6 Å². The van der Waals surface area contributed by atoms with Gasteiger partial charge in [-0.25, -0.2) is 0 Å². The molecule has 3 rings (SSSR count). The molecule has 2 atom stereocenters. The number of fused-ring (bicyclic) bond motifs is 1. The molecule has 98 valence electrons. The van der Waals surface area contributed by atoms with Crippen LogP contribution in [0.3, 0.4) is 0 Å². The molecule has 0 amide bonds. The monoisotopic (exact) mass is 247 g/mol. The molecule has 1 fully saturated rings. The van der Waals surface area contributed by atoms with Gasteiger partial charge in [0.2, 0.25) is 0 Å². The molecule has 2 aliphatic rings. The van der Waals surface area contributed by atoms with E-state index in [1.165, 1.54) is 18.4 Å². The van der Waals surface area contributed by atoms with Crippen molar-refractivity contribution in [3.63, 3.8) is 0 Å². The highest BCUT2D eigenvalue weighted by molar-refractivity contribution is 5.45. The Labute approximate surface area is 108 Å². The SMILES string of the molecule is CNCC1CCC1c1ccc2c(c1)OCCCO2. The molecular weight excluding hydrogens is 226 g/mol. The Hall–Kier alpha value is -1.22. The van der Waals surface area contributed by atoms with Crippen LogP contribution < -0.4 is 14.8 Å². The first-order valence-electron chi connectivity index (χ1n) is 6.92. The maximum atomic E-state index is 5.76. The highest BCUT2D eigenvalue weighted by Crippen LogP contribution is 2.44. The first-order chi connectivity index (χ1) is 8.88. The van der Waals surface area contributed by atoms with Crippen molar-refractivity contribution < 1.29 is 9.47 Å². The molecule has 1 heterocycles. The fourth-order valence-electron chi connectivity index (χ4n) is 2.92. The summed E-state index contributed by atoms with van der Waals surface area (Å²) in [5.74, 6) is 3.30.